The fourth-order valence-electron chi connectivity index (χ4n) is 3.31. The van der Waals surface area contributed by atoms with Crippen molar-refractivity contribution in [3.8, 4) is 0 Å². The Hall–Kier alpha value is -2.04. The van der Waals surface area contributed by atoms with Gasteiger partial charge in [-0.3, -0.25) is 9.59 Å². The number of likely N-dealkylation sites (tertiary alicyclic amines) is 1. The highest BCUT2D eigenvalue weighted by molar-refractivity contribution is 6.35. The fraction of sp³-hybridized carbons (Fsp3) is 0.263. The Labute approximate surface area is 156 Å². The average Bonchev–Trinajstić information content (AvgIpc) is 2.64. The first-order chi connectivity index (χ1) is 11.9. The van der Waals surface area contributed by atoms with Crippen LogP contribution in [0.4, 0.5) is 0 Å². The molecular formula is C19H17Cl2NO3. The predicted octanol–water partition coefficient (Wildman–Crippen LogP) is 4.25. The van der Waals surface area contributed by atoms with Crippen molar-refractivity contribution < 1.29 is 14.7 Å². The SMILES string of the molecule is O=C(c1cc(Cl)ccc1Cl)N1CCC(C(=O)O)(c2ccccc2)CC1. The summed E-state index contributed by atoms with van der Waals surface area (Å²) in [4.78, 5) is 26.3. The Kier molecular flexibility index (Phi) is 5.02. The van der Waals surface area contributed by atoms with Crippen LogP contribution in [0.2, 0.25) is 10.0 Å². The van der Waals surface area contributed by atoms with Crippen LogP contribution in [-0.2, 0) is 10.2 Å². The predicted molar refractivity (Wildman–Crippen MR) is 97.4 cm³/mol. The number of carbonyl (C=O) groups is 2. The maximum Gasteiger partial charge on any atom is 0.314 e. The zero-order valence-corrected chi connectivity index (χ0v) is 14.9. The number of amides is 1. The molecule has 0 atom stereocenters. The maximum absolute atomic E-state index is 12.7. The molecule has 1 heterocycles. The number of aliphatic carboxylic acids is 1. The third-order valence-electron chi connectivity index (χ3n) is 4.80. The molecule has 1 aliphatic rings. The molecule has 0 bridgehead atoms. The zero-order chi connectivity index (χ0) is 18.0. The van der Waals surface area contributed by atoms with Crippen molar-refractivity contribution in [1.82, 2.24) is 4.90 Å². The van der Waals surface area contributed by atoms with Gasteiger partial charge in [0.1, 0.15) is 0 Å². The van der Waals surface area contributed by atoms with Crippen molar-refractivity contribution in [3.63, 3.8) is 0 Å². The van der Waals surface area contributed by atoms with Gasteiger partial charge in [0.15, 0.2) is 0 Å². The van der Waals surface area contributed by atoms with E-state index >= 15 is 0 Å². The molecule has 1 aliphatic heterocycles. The number of carbonyl (C=O) groups excluding carboxylic acids is 1. The summed E-state index contributed by atoms with van der Waals surface area (Å²) in [6, 6.07) is 14.0. The van der Waals surface area contributed by atoms with Crippen molar-refractivity contribution in [2.45, 2.75) is 18.3 Å². The number of carboxylic acids is 1. The lowest BCUT2D eigenvalue weighted by atomic mass is 9.73. The number of halogens is 2. The Balaban J connectivity index is 1.82. The van der Waals surface area contributed by atoms with E-state index in [0.29, 0.717) is 41.5 Å². The molecule has 130 valence electrons. The van der Waals surface area contributed by atoms with E-state index in [0.717, 1.165) is 5.56 Å². The van der Waals surface area contributed by atoms with Gasteiger partial charge in [0.2, 0.25) is 0 Å². The van der Waals surface area contributed by atoms with Crippen LogP contribution in [0.15, 0.2) is 48.5 Å². The van der Waals surface area contributed by atoms with Gasteiger partial charge in [-0.2, -0.15) is 0 Å². The second-order valence-corrected chi connectivity index (χ2v) is 7.01. The molecule has 4 nitrogen and oxygen atoms in total. The molecule has 3 rings (SSSR count). The van der Waals surface area contributed by atoms with Gasteiger partial charge in [0.05, 0.1) is 16.0 Å². The number of carboxylic acid groups (broad SMARTS) is 1. The van der Waals surface area contributed by atoms with Crippen LogP contribution in [-0.4, -0.2) is 35.0 Å². The van der Waals surface area contributed by atoms with Crippen LogP contribution < -0.4 is 0 Å². The first-order valence-corrected chi connectivity index (χ1v) is 8.73. The zero-order valence-electron chi connectivity index (χ0n) is 13.4. The first kappa shape index (κ1) is 17.8. The summed E-state index contributed by atoms with van der Waals surface area (Å²) in [5.41, 5.74) is 0.156. The molecule has 1 amide bonds. The van der Waals surface area contributed by atoms with Gasteiger partial charge in [-0.1, -0.05) is 53.5 Å². The lowest BCUT2D eigenvalue weighted by molar-refractivity contribution is -0.145. The average molecular weight is 378 g/mol. The van der Waals surface area contributed by atoms with Gasteiger partial charge in [-0.05, 0) is 36.6 Å². The molecule has 25 heavy (non-hydrogen) atoms. The molecule has 0 aliphatic carbocycles. The third-order valence-corrected chi connectivity index (χ3v) is 5.36. The standard InChI is InChI=1S/C19H17Cl2NO3/c20-14-6-7-16(21)15(12-14)17(23)22-10-8-19(9-11-22,18(24)25)13-4-2-1-3-5-13/h1-7,12H,8-11H2,(H,24,25). The van der Waals surface area contributed by atoms with Crippen LogP contribution in [0.3, 0.4) is 0 Å². The normalized spacial score (nSPS) is 16.5. The number of hydrogen-bond acceptors (Lipinski definition) is 2. The molecule has 0 aromatic heterocycles. The smallest absolute Gasteiger partial charge is 0.314 e. The second kappa shape index (κ2) is 7.06. The summed E-state index contributed by atoms with van der Waals surface area (Å²) in [7, 11) is 0. The summed E-state index contributed by atoms with van der Waals surface area (Å²) in [6.07, 6.45) is 0.715. The van der Waals surface area contributed by atoms with E-state index < -0.39 is 11.4 Å². The van der Waals surface area contributed by atoms with Crippen LogP contribution in [0.25, 0.3) is 0 Å². The molecule has 0 unspecified atom stereocenters. The summed E-state index contributed by atoms with van der Waals surface area (Å²) in [5.74, 6) is -1.08. The molecule has 1 fully saturated rings. The lowest BCUT2D eigenvalue weighted by Gasteiger charge is -2.39. The Morgan fingerprint density at radius 3 is 2.24 bits per heavy atom. The van der Waals surface area contributed by atoms with Gasteiger partial charge in [0, 0.05) is 18.1 Å². The Morgan fingerprint density at radius 1 is 1.00 bits per heavy atom. The van der Waals surface area contributed by atoms with Crippen LogP contribution in [0.5, 0.6) is 0 Å². The molecular weight excluding hydrogens is 361 g/mol. The number of piperidine rings is 1. The Bertz CT molecular complexity index is 800. The lowest BCUT2D eigenvalue weighted by Crippen LogP contribution is -2.49. The van der Waals surface area contributed by atoms with Crippen LogP contribution >= 0.6 is 23.2 Å². The summed E-state index contributed by atoms with van der Waals surface area (Å²) in [6.45, 7) is 0.700. The van der Waals surface area contributed by atoms with Crippen molar-refractivity contribution in [2.24, 2.45) is 0 Å². The van der Waals surface area contributed by atoms with Crippen LogP contribution in [0, 0.1) is 0 Å². The molecule has 1 saturated heterocycles. The minimum atomic E-state index is -0.962. The van der Waals surface area contributed by atoms with E-state index in [1.54, 1.807) is 23.1 Å². The molecule has 2 aromatic carbocycles. The van der Waals surface area contributed by atoms with Gasteiger partial charge >= 0.3 is 5.97 Å². The highest BCUT2D eigenvalue weighted by atomic mass is 35.5. The van der Waals surface area contributed by atoms with Gasteiger partial charge in [0.25, 0.3) is 5.91 Å². The number of rotatable bonds is 3. The second-order valence-electron chi connectivity index (χ2n) is 6.17. The van der Waals surface area contributed by atoms with Crippen molar-refractivity contribution >= 4 is 35.1 Å². The third kappa shape index (κ3) is 3.37. The molecule has 0 spiro atoms. The van der Waals surface area contributed by atoms with E-state index in [1.165, 1.54) is 0 Å². The van der Waals surface area contributed by atoms with Crippen molar-refractivity contribution in [2.75, 3.05) is 13.1 Å². The minimum absolute atomic E-state index is 0.223. The number of nitrogens with zero attached hydrogens (tertiary/aromatic N) is 1. The first-order valence-electron chi connectivity index (χ1n) is 7.97. The van der Waals surface area contributed by atoms with E-state index in [1.807, 2.05) is 30.3 Å². The molecule has 1 N–H and O–H groups in total. The van der Waals surface area contributed by atoms with Gasteiger partial charge < -0.3 is 10.0 Å². The molecule has 0 radical (unpaired) electrons. The number of hydrogen-bond donors (Lipinski definition) is 1. The quantitative estimate of drug-likeness (QED) is 0.869. The molecule has 2 aromatic rings. The van der Waals surface area contributed by atoms with E-state index in [9.17, 15) is 14.7 Å². The minimum Gasteiger partial charge on any atom is -0.481 e. The van der Waals surface area contributed by atoms with E-state index in [4.69, 9.17) is 23.2 Å². The molecule has 6 heteroatoms. The monoisotopic (exact) mass is 377 g/mol. The summed E-state index contributed by atoms with van der Waals surface area (Å²) in [5, 5.41) is 10.6. The van der Waals surface area contributed by atoms with Gasteiger partial charge in [-0.25, -0.2) is 0 Å². The summed E-state index contributed by atoms with van der Waals surface area (Å²) >= 11 is 12.1. The van der Waals surface area contributed by atoms with E-state index in [2.05, 4.69) is 0 Å². The van der Waals surface area contributed by atoms with Crippen LogP contribution in [0.1, 0.15) is 28.8 Å². The largest absolute Gasteiger partial charge is 0.481 e. The molecule has 0 saturated carbocycles. The van der Waals surface area contributed by atoms with Gasteiger partial charge in [-0.15, -0.1) is 0 Å². The maximum atomic E-state index is 12.7. The topological polar surface area (TPSA) is 57.6 Å². The summed E-state index contributed by atoms with van der Waals surface area (Å²) < 4.78 is 0. The highest BCUT2D eigenvalue weighted by Crippen LogP contribution is 2.36. The van der Waals surface area contributed by atoms with E-state index in [-0.39, 0.29) is 5.91 Å². The fourth-order valence-corrected chi connectivity index (χ4v) is 3.68. The number of benzene rings is 2. The van der Waals surface area contributed by atoms with Crippen molar-refractivity contribution in [1.29, 1.82) is 0 Å². The van der Waals surface area contributed by atoms with Crippen molar-refractivity contribution in [3.05, 3.63) is 69.7 Å². The highest BCUT2D eigenvalue weighted by Gasteiger charge is 2.44. The Morgan fingerprint density at radius 2 is 1.64 bits per heavy atom.